The molecule has 0 bridgehead atoms. The molecule has 1 atom stereocenters. The van der Waals surface area contributed by atoms with E-state index in [9.17, 15) is 14.3 Å². The van der Waals surface area contributed by atoms with Crippen LogP contribution in [0.25, 0.3) is 11.4 Å². The number of aromatic nitrogens is 2. The van der Waals surface area contributed by atoms with Crippen LogP contribution in [0.15, 0.2) is 30.3 Å². The van der Waals surface area contributed by atoms with Crippen LogP contribution < -0.4 is 4.90 Å². The Labute approximate surface area is 132 Å². The fourth-order valence-corrected chi connectivity index (χ4v) is 2.59. The second-order valence-corrected chi connectivity index (χ2v) is 5.34. The maximum absolute atomic E-state index is 13.4. The average Bonchev–Trinajstić information content (AvgIpc) is 3.03. The van der Waals surface area contributed by atoms with E-state index >= 15 is 0 Å². The van der Waals surface area contributed by atoms with Gasteiger partial charge in [0, 0.05) is 31.8 Å². The van der Waals surface area contributed by atoms with Gasteiger partial charge in [-0.05, 0) is 18.6 Å². The Kier molecular flexibility index (Phi) is 4.20. The van der Waals surface area contributed by atoms with E-state index in [0.717, 1.165) is 13.0 Å². The van der Waals surface area contributed by atoms with Crippen LogP contribution in [0, 0.1) is 5.82 Å². The Morgan fingerprint density at radius 3 is 2.87 bits per heavy atom. The van der Waals surface area contributed by atoms with Gasteiger partial charge in [0.1, 0.15) is 11.6 Å². The van der Waals surface area contributed by atoms with Crippen molar-refractivity contribution >= 4 is 11.8 Å². The number of hydrogen-bond acceptors (Lipinski definition) is 5. The molecule has 7 heteroatoms. The molecular formula is C16H16FN3O3. The molecule has 1 aromatic carbocycles. The number of hydrogen-bond donors (Lipinski definition) is 1. The standard InChI is InChI=1S/C16H16FN3O3/c1-23-12-5-6-20(9-12)14-8-13(16(21)22)18-15(19-14)10-3-2-4-11(17)7-10/h2-4,7-8,12H,5-6,9H2,1H3,(H,21,22)/t12-/m0/s1. The van der Waals surface area contributed by atoms with Crippen LogP contribution in [0.3, 0.4) is 0 Å². The molecule has 120 valence electrons. The van der Waals surface area contributed by atoms with Gasteiger partial charge in [-0.25, -0.2) is 19.2 Å². The Hall–Kier alpha value is -2.54. The first kappa shape index (κ1) is 15.4. The number of carboxylic acid groups (broad SMARTS) is 1. The highest BCUT2D eigenvalue weighted by Crippen LogP contribution is 2.24. The van der Waals surface area contributed by atoms with Gasteiger partial charge in [-0.15, -0.1) is 0 Å². The molecule has 0 unspecified atom stereocenters. The fourth-order valence-electron chi connectivity index (χ4n) is 2.59. The highest BCUT2D eigenvalue weighted by Gasteiger charge is 2.25. The summed E-state index contributed by atoms with van der Waals surface area (Å²) >= 11 is 0. The van der Waals surface area contributed by atoms with Crippen LogP contribution in [0.1, 0.15) is 16.9 Å². The topological polar surface area (TPSA) is 75.5 Å². The average molecular weight is 317 g/mol. The van der Waals surface area contributed by atoms with Crippen molar-refractivity contribution in [1.29, 1.82) is 0 Å². The lowest BCUT2D eigenvalue weighted by Crippen LogP contribution is -2.24. The molecular weight excluding hydrogens is 301 g/mol. The summed E-state index contributed by atoms with van der Waals surface area (Å²) in [5.74, 6) is -0.862. The van der Waals surface area contributed by atoms with E-state index in [1.807, 2.05) is 4.90 Å². The lowest BCUT2D eigenvalue weighted by molar-refractivity contribution is 0.0690. The van der Waals surface area contributed by atoms with Gasteiger partial charge in [0.05, 0.1) is 6.10 Å². The lowest BCUT2D eigenvalue weighted by Gasteiger charge is -2.18. The van der Waals surface area contributed by atoms with Crippen molar-refractivity contribution in [2.75, 3.05) is 25.1 Å². The second kappa shape index (κ2) is 6.29. The molecule has 2 aromatic rings. The number of nitrogens with zero attached hydrogens (tertiary/aromatic N) is 3. The normalized spacial score (nSPS) is 17.5. The number of methoxy groups -OCH3 is 1. The van der Waals surface area contributed by atoms with Crippen molar-refractivity contribution in [3.05, 3.63) is 41.8 Å². The SMILES string of the molecule is CO[C@H]1CCN(c2cc(C(=O)O)nc(-c3cccc(F)c3)n2)C1. The third kappa shape index (κ3) is 3.29. The molecule has 0 saturated carbocycles. The van der Waals surface area contributed by atoms with E-state index in [0.29, 0.717) is 17.9 Å². The van der Waals surface area contributed by atoms with Crippen LogP contribution in [0.2, 0.25) is 0 Å². The molecule has 1 aromatic heterocycles. The Balaban J connectivity index is 2.02. The number of ether oxygens (including phenoxy) is 1. The predicted octanol–water partition coefficient (Wildman–Crippen LogP) is 2.21. The van der Waals surface area contributed by atoms with Crippen molar-refractivity contribution in [3.63, 3.8) is 0 Å². The molecule has 1 N–H and O–H groups in total. The van der Waals surface area contributed by atoms with Gasteiger partial charge in [-0.2, -0.15) is 0 Å². The smallest absolute Gasteiger partial charge is 0.354 e. The van der Waals surface area contributed by atoms with Gasteiger partial charge < -0.3 is 14.7 Å². The summed E-state index contributed by atoms with van der Waals surface area (Å²) in [7, 11) is 1.65. The number of anilines is 1. The Bertz CT molecular complexity index is 738. The van der Waals surface area contributed by atoms with Crippen LogP contribution in [0.5, 0.6) is 0 Å². The Morgan fingerprint density at radius 2 is 2.22 bits per heavy atom. The minimum atomic E-state index is -1.14. The number of benzene rings is 1. The maximum Gasteiger partial charge on any atom is 0.354 e. The van der Waals surface area contributed by atoms with Crippen molar-refractivity contribution in [2.24, 2.45) is 0 Å². The number of carbonyl (C=O) groups is 1. The van der Waals surface area contributed by atoms with Crippen molar-refractivity contribution < 1.29 is 19.0 Å². The van der Waals surface area contributed by atoms with Crippen LogP contribution in [-0.4, -0.2) is 47.3 Å². The van der Waals surface area contributed by atoms with Crippen LogP contribution in [0.4, 0.5) is 10.2 Å². The number of aromatic carboxylic acids is 1. The van der Waals surface area contributed by atoms with Gasteiger partial charge in [0.25, 0.3) is 0 Å². The molecule has 3 rings (SSSR count). The van der Waals surface area contributed by atoms with Crippen LogP contribution >= 0.6 is 0 Å². The largest absolute Gasteiger partial charge is 0.477 e. The van der Waals surface area contributed by atoms with Gasteiger partial charge in [-0.3, -0.25) is 0 Å². The highest BCUT2D eigenvalue weighted by atomic mass is 19.1. The lowest BCUT2D eigenvalue weighted by atomic mass is 10.2. The van der Waals surface area contributed by atoms with E-state index in [-0.39, 0.29) is 17.6 Å². The van der Waals surface area contributed by atoms with Gasteiger partial charge in [0.2, 0.25) is 0 Å². The molecule has 0 radical (unpaired) electrons. The highest BCUT2D eigenvalue weighted by molar-refractivity contribution is 5.87. The molecule has 23 heavy (non-hydrogen) atoms. The zero-order chi connectivity index (χ0) is 16.4. The molecule has 2 heterocycles. The van der Waals surface area contributed by atoms with E-state index in [4.69, 9.17) is 4.74 Å². The fraction of sp³-hybridized carbons (Fsp3) is 0.312. The van der Waals surface area contributed by atoms with Gasteiger partial charge in [0.15, 0.2) is 11.5 Å². The summed E-state index contributed by atoms with van der Waals surface area (Å²) in [6, 6.07) is 7.22. The third-order valence-electron chi connectivity index (χ3n) is 3.82. The summed E-state index contributed by atoms with van der Waals surface area (Å²) < 4.78 is 18.7. The molecule has 1 aliphatic heterocycles. The van der Waals surface area contributed by atoms with Gasteiger partial charge in [-0.1, -0.05) is 12.1 Å². The second-order valence-electron chi connectivity index (χ2n) is 5.34. The summed E-state index contributed by atoms with van der Waals surface area (Å²) in [5.41, 5.74) is 0.326. The monoisotopic (exact) mass is 317 g/mol. The van der Waals surface area contributed by atoms with E-state index in [1.165, 1.54) is 24.3 Å². The molecule has 1 fully saturated rings. The minimum Gasteiger partial charge on any atom is -0.477 e. The predicted molar refractivity (Wildman–Crippen MR) is 82.0 cm³/mol. The van der Waals surface area contributed by atoms with Crippen molar-refractivity contribution in [2.45, 2.75) is 12.5 Å². The number of rotatable bonds is 4. The van der Waals surface area contributed by atoms with Crippen molar-refractivity contribution in [3.8, 4) is 11.4 Å². The first-order valence-electron chi connectivity index (χ1n) is 7.23. The zero-order valence-electron chi connectivity index (χ0n) is 12.6. The van der Waals surface area contributed by atoms with Gasteiger partial charge >= 0.3 is 5.97 Å². The molecule has 6 nitrogen and oxygen atoms in total. The van der Waals surface area contributed by atoms with E-state index in [2.05, 4.69) is 9.97 Å². The third-order valence-corrected chi connectivity index (χ3v) is 3.82. The molecule has 0 spiro atoms. The number of halogens is 1. The molecule has 1 saturated heterocycles. The first-order valence-corrected chi connectivity index (χ1v) is 7.23. The Morgan fingerprint density at radius 1 is 1.39 bits per heavy atom. The summed E-state index contributed by atoms with van der Waals surface area (Å²) in [6.07, 6.45) is 0.939. The van der Waals surface area contributed by atoms with Crippen molar-refractivity contribution in [1.82, 2.24) is 9.97 Å². The van der Waals surface area contributed by atoms with Crippen LogP contribution in [-0.2, 0) is 4.74 Å². The summed E-state index contributed by atoms with van der Waals surface area (Å²) in [6.45, 7) is 1.35. The minimum absolute atomic E-state index is 0.0934. The maximum atomic E-state index is 13.4. The number of carboxylic acids is 1. The quantitative estimate of drug-likeness (QED) is 0.932. The zero-order valence-corrected chi connectivity index (χ0v) is 12.6. The van der Waals surface area contributed by atoms with E-state index < -0.39 is 11.8 Å². The summed E-state index contributed by atoms with van der Waals surface area (Å²) in [5, 5.41) is 9.27. The van der Waals surface area contributed by atoms with E-state index in [1.54, 1.807) is 13.2 Å². The molecule has 0 aliphatic carbocycles. The molecule has 0 amide bonds. The molecule has 1 aliphatic rings. The first-order chi connectivity index (χ1) is 11.1. The summed E-state index contributed by atoms with van der Waals surface area (Å²) in [4.78, 5) is 21.7.